The highest BCUT2D eigenvalue weighted by Gasteiger charge is 2.15. The number of carbonyl (C=O) groups is 2. The molecule has 0 radical (unpaired) electrons. The highest BCUT2D eigenvalue weighted by Crippen LogP contribution is 2.06. The normalized spacial score (nSPS) is 12.2. The largest absolute Gasteiger partial charge is 0.444 e. The van der Waals surface area contributed by atoms with Gasteiger partial charge in [-0.25, -0.2) is 4.79 Å². The van der Waals surface area contributed by atoms with E-state index in [0.29, 0.717) is 13.0 Å². The van der Waals surface area contributed by atoms with E-state index in [9.17, 15) is 9.59 Å². The summed E-state index contributed by atoms with van der Waals surface area (Å²) in [5, 5.41) is 2.62. The van der Waals surface area contributed by atoms with Crippen LogP contribution in [0.15, 0.2) is 0 Å². The molecule has 7 heteroatoms. The van der Waals surface area contributed by atoms with Crippen LogP contribution in [0.4, 0.5) is 4.79 Å². The Morgan fingerprint density at radius 3 is 2.28 bits per heavy atom. The highest BCUT2D eigenvalue weighted by atomic mass is 35.5. The summed E-state index contributed by atoms with van der Waals surface area (Å²) in [6.45, 7) is 5.91. The summed E-state index contributed by atoms with van der Waals surface area (Å²) in [4.78, 5) is 21.9. The molecule has 0 fully saturated rings. The van der Waals surface area contributed by atoms with Crippen molar-refractivity contribution in [3.63, 3.8) is 0 Å². The number of rotatable bonds is 6. The first-order chi connectivity index (χ1) is 7.72. The van der Waals surface area contributed by atoms with E-state index in [1.165, 1.54) is 0 Å². The van der Waals surface area contributed by atoms with Crippen LogP contribution in [-0.2, 0) is 9.53 Å². The molecule has 1 atom stereocenters. The van der Waals surface area contributed by atoms with Gasteiger partial charge in [-0.05, 0) is 40.0 Å². The lowest BCUT2D eigenvalue weighted by atomic mass is 10.1. The predicted octanol–water partition coefficient (Wildman–Crippen LogP) is 0.916. The van der Waals surface area contributed by atoms with Crippen LogP contribution in [0, 0.1) is 0 Å². The molecule has 0 aliphatic heterocycles. The third-order valence-electron chi connectivity index (χ3n) is 1.98. The standard InChI is InChI=1S/C11H23N3O3.ClH/c1-11(2,3)17-10(16)14-7-5-4-6-8(12)9(13)15;/h8H,4-7,12H2,1-3H3,(H2,13,15)(H,14,16);1H/t8-;/m1./s1. The molecule has 0 aliphatic rings. The van der Waals surface area contributed by atoms with E-state index in [-0.39, 0.29) is 12.4 Å². The van der Waals surface area contributed by atoms with Gasteiger partial charge in [0, 0.05) is 6.54 Å². The lowest BCUT2D eigenvalue weighted by molar-refractivity contribution is -0.119. The first-order valence-electron chi connectivity index (χ1n) is 5.74. The van der Waals surface area contributed by atoms with Gasteiger partial charge in [0.25, 0.3) is 0 Å². The van der Waals surface area contributed by atoms with Gasteiger partial charge in [0.2, 0.25) is 5.91 Å². The lowest BCUT2D eigenvalue weighted by Gasteiger charge is -2.19. The van der Waals surface area contributed by atoms with Crippen LogP contribution >= 0.6 is 12.4 Å². The zero-order valence-corrected chi connectivity index (χ0v) is 12.0. The van der Waals surface area contributed by atoms with E-state index in [4.69, 9.17) is 16.2 Å². The Bertz CT molecular complexity index is 267. The van der Waals surface area contributed by atoms with E-state index >= 15 is 0 Å². The SMILES string of the molecule is CC(C)(C)OC(=O)NCCCC[C@@H](N)C(N)=O.Cl. The molecule has 0 aromatic carbocycles. The molecule has 5 N–H and O–H groups in total. The minimum absolute atomic E-state index is 0. The Hall–Kier alpha value is -1.01. The summed E-state index contributed by atoms with van der Waals surface area (Å²) in [5.74, 6) is -0.495. The summed E-state index contributed by atoms with van der Waals surface area (Å²) in [5.41, 5.74) is 9.98. The molecule has 108 valence electrons. The number of amides is 2. The molecule has 2 amide bonds. The van der Waals surface area contributed by atoms with Crippen LogP contribution < -0.4 is 16.8 Å². The molecular formula is C11H24ClN3O3. The number of primary amides is 1. The first-order valence-corrected chi connectivity index (χ1v) is 5.74. The van der Waals surface area contributed by atoms with Gasteiger partial charge in [-0.2, -0.15) is 0 Å². The third kappa shape index (κ3) is 11.5. The topological polar surface area (TPSA) is 107 Å². The summed E-state index contributed by atoms with van der Waals surface area (Å²) in [7, 11) is 0. The van der Waals surface area contributed by atoms with Crippen molar-refractivity contribution in [3.05, 3.63) is 0 Å². The molecule has 0 heterocycles. The second-order valence-electron chi connectivity index (χ2n) is 4.93. The zero-order valence-electron chi connectivity index (χ0n) is 11.2. The van der Waals surface area contributed by atoms with E-state index in [2.05, 4.69) is 5.32 Å². The zero-order chi connectivity index (χ0) is 13.5. The summed E-state index contributed by atoms with van der Waals surface area (Å²) in [6.07, 6.45) is 1.57. The quantitative estimate of drug-likeness (QED) is 0.629. The van der Waals surface area contributed by atoms with Gasteiger partial charge in [0.15, 0.2) is 0 Å². The molecule has 0 saturated heterocycles. The van der Waals surface area contributed by atoms with E-state index in [0.717, 1.165) is 12.8 Å². The molecule has 0 spiro atoms. The van der Waals surface area contributed by atoms with E-state index in [1.807, 2.05) is 0 Å². The number of carbonyl (C=O) groups excluding carboxylic acids is 2. The van der Waals surface area contributed by atoms with Crippen molar-refractivity contribution in [1.29, 1.82) is 0 Å². The van der Waals surface area contributed by atoms with Gasteiger partial charge in [-0.15, -0.1) is 12.4 Å². The van der Waals surface area contributed by atoms with Crippen molar-refractivity contribution < 1.29 is 14.3 Å². The maximum Gasteiger partial charge on any atom is 0.407 e. The van der Waals surface area contributed by atoms with Gasteiger partial charge >= 0.3 is 6.09 Å². The first kappa shape index (κ1) is 19.3. The van der Waals surface area contributed by atoms with Crippen LogP contribution in [-0.4, -0.2) is 30.2 Å². The number of halogens is 1. The fourth-order valence-corrected chi connectivity index (χ4v) is 1.14. The molecule has 18 heavy (non-hydrogen) atoms. The van der Waals surface area contributed by atoms with Gasteiger partial charge in [-0.3, -0.25) is 4.79 Å². The predicted molar refractivity (Wildman–Crippen MR) is 72.5 cm³/mol. The van der Waals surface area contributed by atoms with Crippen LogP contribution in [0.3, 0.4) is 0 Å². The monoisotopic (exact) mass is 281 g/mol. The molecule has 6 nitrogen and oxygen atoms in total. The summed E-state index contributed by atoms with van der Waals surface area (Å²) >= 11 is 0. The van der Waals surface area contributed by atoms with Gasteiger partial charge in [0.05, 0.1) is 6.04 Å². The minimum Gasteiger partial charge on any atom is -0.444 e. The van der Waals surface area contributed by atoms with Crippen molar-refractivity contribution in [3.8, 4) is 0 Å². The number of hydrogen-bond acceptors (Lipinski definition) is 4. The number of unbranched alkanes of at least 4 members (excludes halogenated alkanes) is 1. The molecule has 0 rings (SSSR count). The van der Waals surface area contributed by atoms with Crippen molar-refractivity contribution >= 4 is 24.4 Å². The maximum absolute atomic E-state index is 11.2. The number of hydrogen-bond donors (Lipinski definition) is 3. The van der Waals surface area contributed by atoms with Crippen molar-refractivity contribution in [2.45, 2.75) is 51.7 Å². The minimum atomic E-state index is -0.600. The molecule has 0 aromatic heterocycles. The number of ether oxygens (including phenoxy) is 1. The van der Waals surface area contributed by atoms with Gasteiger partial charge < -0.3 is 21.5 Å². The fraction of sp³-hybridized carbons (Fsp3) is 0.818. The third-order valence-corrected chi connectivity index (χ3v) is 1.98. The van der Waals surface area contributed by atoms with E-state index < -0.39 is 23.6 Å². The average Bonchev–Trinajstić information content (AvgIpc) is 2.13. The second kappa shape index (κ2) is 8.99. The lowest BCUT2D eigenvalue weighted by Crippen LogP contribution is -2.36. The number of nitrogens with one attached hydrogen (secondary N) is 1. The Morgan fingerprint density at radius 2 is 1.83 bits per heavy atom. The Kier molecular flexibility index (Phi) is 9.66. The van der Waals surface area contributed by atoms with E-state index in [1.54, 1.807) is 20.8 Å². The number of alkyl carbamates (subject to hydrolysis) is 1. The molecule has 0 aliphatic carbocycles. The van der Waals surface area contributed by atoms with Crippen molar-refractivity contribution in [2.75, 3.05) is 6.54 Å². The average molecular weight is 282 g/mol. The van der Waals surface area contributed by atoms with Crippen LogP contribution in [0.2, 0.25) is 0 Å². The van der Waals surface area contributed by atoms with Crippen molar-refractivity contribution in [2.24, 2.45) is 11.5 Å². The molecule has 0 bridgehead atoms. The number of nitrogens with two attached hydrogens (primary N) is 2. The van der Waals surface area contributed by atoms with Gasteiger partial charge in [0.1, 0.15) is 5.60 Å². The highest BCUT2D eigenvalue weighted by molar-refractivity contribution is 5.85. The Balaban J connectivity index is 0. The maximum atomic E-state index is 11.2. The molecule has 0 unspecified atom stereocenters. The Labute approximate surface area is 114 Å². The second-order valence-corrected chi connectivity index (χ2v) is 4.93. The Morgan fingerprint density at radius 1 is 1.28 bits per heavy atom. The van der Waals surface area contributed by atoms with Crippen molar-refractivity contribution in [1.82, 2.24) is 5.32 Å². The molecule has 0 saturated carbocycles. The van der Waals surface area contributed by atoms with Gasteiger partial charge in [-0.1, -0.05) is 0 Å². The summed E-state index contributed by atoms with van der Waals surface area (Å²) < 4.78 is 5.05. The fourth-order valence-electron chi connectivity index (χ4n) is 1.14. The van der Waals surface area contributed by atoms with Crippen LogP contribution in [0.1, 0.15) is 40.0 Å². The van der Waals surface area contributed by atoms with Crippen LogP contribution in [0.25, 0.3) is 0 Å². The van der Waals surface area contributed by atoms with Crippen LogP contribution in [0.5, 0.6) is 0 Å². The smallest absolute Gasteiger partial charge is 0.407 e. The molecular weight excluding hydrogens is 258 g/mol. The summed E-state index contributed by atoms with van der Waals surface area (Å²) in [6, 6.07) is -0.600. The molecule has 0 aromatic rings.